The first kappa shape index (κ1) is 36.6. The smallest absolute Gasteiger partial charge is 0.321 e. The van der Waals surface area contributed by atoms with Crippen LogP contribution in [0.1, 0.15) is 51.4 Å². The van der Waals surface area contributed by atoms with Gasteiger partial charge in [-0.05, 0) is 92.3 Å². The summed E-state index contributed by atoms with van der Waals surface area (Å²) in [5, 5.41) is 10.3. The number of hydrogen-bond acceptors (Lipinski definition) is 7. The van der Waals surface area contributed by atoms with E-state index < -0.39 is 32.1 Å². The third kappa shape index (κ3) is 9.65. The minimum absolute atomic E-state index is 0.0562. The number of anilines is 1. The van der Waals surface area contributed by atoms with Crippen molar-refractivity contribution in [3.05, 3.63) is 51.5 Å². The van der Waals surface area contributed by atoms with Gasteiger partial charge >= 0.3 is 5.97 Å². The maximum Gasteiger partial charge on any atom is 0.321 e. The summed E-state index contributed by atoms with van der Waals surface area (Å²) < 4.78 is 55.6. The van der Waals surface area contributed by atoms with E-state index in [9.17, 15) is 26.7 Å². The minimum Gasteiger partial charge on any atom is -0.480 e. The van der Waals surface area contributed by atoms with Gasteiger partial charge in [0.25, 0.3) is 0 Å². The maximum absolute atomic E-state index is 13.0. The first-order valence-electron chi connectivity index (χ1n) is 15.1. The van der Waals surface area contributed by atoms with Gasteiger partial charge in [0.05, 0.1) is 30.5 Å². The standard InChI is InChI=1S/C30H40Cl3N3O6S3/c1-43-18-13-28(30(37)38)34-44(39,40)23-6-8-29(27(33)19-23)35-14-9-21(10-15-35)3-2-4-22-11-16-36(17-12-22)45(41,42)24-5-7-25(31)26(32)20-24/h5-8,19-22,28,34H,2-4,9-18H2,1H3,(H,37,38). The predicted octanol–water partition coefficient (Wildman–Crippen LogP) is 6.62. The fraction of sp³-hybridized carbons (Fsp3) is 0.567. The Kier molecular flexibility index (Phi) is 13.2. The van der Waals surface area contributed by atoms with Crippen LogP contribution in [-0.2, 0) is 24.8 Å². The van der Waals surface area contributed by atoms with Gasteiger partial charge in [0.2, 0.25) is 20.0 Å². The second kappa shape index (κ2) is 16.2. The summed E-state index contributed by atoms with van der Waals surface area (Å²) in [4.78, 5) is 13.8. The van der Waals surface area contributed by atoms with Crippen LogP contribution in [0.4, 0.5) is 5.69 Å². The zero-order valence-electron chi connectivity index (χ0n) is 25.1. The normalized spacial score (nSPS) is 18.3. The SMILES string of the molecule is CSCCC(NS(=O)(=O)c1ccc(N2CCC(CCCC3CCN(S(=O)(=O)c4ccc(Cl)c(Cl)c4)CC3)CC2)c(Cl)c1)C(=O)O. The molecule has 0 aromatic heterocycles. The summed E-state index contributed by atoms with van der Waals surface area (Å²) in [5.74, 6) is 0.400. The Balaban J connectivity index is 1.21. The van der Waals surface area contributed by atoms with Crippen LogP contribution in [-0.4, -0.2) is 76.4 Å². The number of piperidine rings is 2. The van der Waals surface area contributed by atoms with Crippen molar-refractivity contribution < 1.29 is 26.7 Å². The molecule has 250 valence electrons. The number of carboxylic acid groups (broad SMARTS) is 1. The summed E-state index contributed by atoms with van der Waals surface area (Å²) in [6.45, 7) is 2.63. The van der Waals surface area contributed by atoms with Crippen LogP contribution in [0.5, 0.6) is 0 Å². The zero-order chi connectivity index (χ0) is 32.8. The van der Waals surface area contributed by atoms with Crippen molar-refractivity contribution >= 4 is 78.3 Å². The molecule has 2 aromatic rings. The number of sulfonamides is 2. The van der Waals surface area contributed by atoms with Crippen molar-refractivity contribution in [2.45, 2.75) is 67.2 Å². The Morgan fingerprint density at radius 1 is 0.889 bits per heavy atom. The summed E-state index contributed by atoms with van der Waals surface area (Å²) in [7, 11) is -7.64. The lowest BCUT2D eigenvalue weighted by Crippen LogP contribution is -2.41. The van der Waals surface area contributed by atoms with Crippen molar-refractivity contribution in [1.82, 2.24) is 9.03 Å². The molecule has 2 aliphatic heterocycles. The lowest BCUT2D eigenvalue weighted by Gasteiger charge is -2.35. The van der Waals surface area contributed by atoms with E-state index in [1.165, 1.54) is 42.1 Å². The Hall–Kier alpha value is -1.25. The van der Waals surface area contributed by atoms with Gasteiger partial charge in [-0.3, -0.25) is 4.79 Å². The first-order valence-corrected chi connectivity index (χ1v) is 20.5. The van der Waals surface area contributed by atoms with E-state index in [0.29, 0.717) is 40.7 Å². The molecule has 1 unspecified atom stereocenters. The fourth-order valence-electron chi connectivity index (χ4n) is 6.02. The van der Waals surface area contributed by atoms with Gasteiger partial charge in [0.15, 0.2) is 0 Å². The number of nitrogens with one attached hydrogen (secondary N) is 1. The predicted molar refractivity (Wildman–Crippen MR) is 183 cm³/mol. The number of aliphatic carboxylic acids is 1. The molecule has 0 aliphatic carbocycles. The van der Waals surface area contributed by atoms with E-state index in [1.807, 2.05) is 6.26 Å². The monoisotopic (exact) mass is 739 g/mol. The number of hydrogen-bond donors (Lipinski definition) is 2. The topological polar surface area (TPSA) is 124 Å². The molecule has 9 nitrogen and oxygen atoms in total. The second-order valence-corrected chi connectivity index (χ2v) is 17.6. The molecule has 0 bridgehead atoms. The molecule has 2 aliphatic rings. The van der Waals surface area contributed by atoms with Gasteiger partial charge in [-0.2, -0.15) is 20.8 Å². The molecule has 45 heavy (non-hydrogen) atoms. The Morgan fingerprint density at radius 3 is 2.02 bits per heavy atom. The molecule has 0 spiro atoms. The Morgan fingerprint density at radius 2 is 1.47 bits per heavy atom. The number of carboxylic acids is 1. The molecule has 2 aromatic carbocycles. The minimum atomic E-state index is -4.04. The van der Waals surface area contributed by atoms with Gasteiger partial charge in [-0.15, -0.1) is 0 Å². The van der Waals surface area contributed by atoms with Crippen molar-refractivity contribution in [3.8, 4) is 0 Å². The molecule has 2 heterocycles. The zero-order valence-corrected chi connectivity index (χ0v) is 29.8. The average Bonchev–Trinajstić information content (AvgIpc) is 3.01. The maximum atomic E-state index is 13.0. The van der Waals surface area contributed by atoms with Crippen molar-refractivity contribution in [2.24, 2.45) is 11.8 Å². The van der Waals surface area contributed by atoms with Gasteiger partial charge in [0, 0.05) is 26.2 Å². The highest BCUT2D eigenvalue weighted by molar-refractivity contribution is 7.98. The lowest BCUT2D eigenvalue weighted by atomic mass is 9.87. The summed E-state index contributed by atoms with van der Waals surface area (Å²) >= 11 is 20.0. The quantitative estimate of drug-likeness (QED) is 0.222. The van der Waals surface area contributed by atoms with Gasteiger partial charge in [-0.1, -0.05) is 54.1 Å². The molecule has 0 saturated carbocycles. The average molecular weight is 741 g/mol. The van der Waals surface area contributed by atoms with Crippen LogP contribution < -0.4 is 9.62 Å². The summed E-state index contributed by atoms with van der Waals surface area (Å²) in [6.07, 6.45) is 9.01. The number of halogens is 3. The summed E-state index contributed by atoms with van der Waals surface area (Å²) in [5.41, 5.74) is 0.772. The number of thioether (sulfide) groups is 1. The van der Waals surface area contributed by atoms with Crippen LogP contribution in [0.25, 0.3) is 0 Å². The Bertz CT molecular complexity index is 1550. The Labute approximate surface area is 286 Å². The summed E-state index contributed by atoms with van der Waals surface area (Å²) in [6, 6.07) is 7.78. The van der Waals surface area contributed by atoms with E-state index in [-0.39, 0.29) is 21.2 Å². The number of carbonyl (C=O) groups is 1. The molecule has 2 saturated heterocycles. The van der Waals surface area contributed by atoms with E-state index in [4.69, 9.17) is 34.8 Å². The second-order valence-electron chi connectivity index (χ2n) is 11.7. The lowest BCUT2D eigenvalue weighted by molar-refractivity contribution is -0.139. The van der Waals surface area contributed by atoms with Crippen LogP contribution in [0.2, 0.25) is 15.1 Å². The highest BCUT2D eigenvalue weighted by Gasteiger charge is 2.30. The van der Waals surface area contributed by atoms with Crippen LogP contribution in [0.15, 0.2) is 46.2 Å². The number of benzene rings is 2. The van der Waals surface area contributed by atoms with E-state index in [1.54, 1.807) is 10.4 Å². The molecule has 1 atom stereocenters. The van der Waals surface area contributed by atoms with Gasteiger partial charge in [0.1, 0.15) is 6.04 Å². The molecular weight excluding hydrogens is 701 g/mol. The number of nitrogens with zero attached hydrogens (tertiary/aromatic N) is 2. The van der Waals surface area contributed by atoms with E-state index in [2.05, 4.69) is 9.62 Å². The molecule has 2 N–H and O–H groups in total. The third-order valence-electron chi connectivity index (χ3n) is 8.72. The van der Waals surface area contributed by atoms with Gasteiger partial charge < -0.3 is 10.0 Å². The molecule has 2 fully saturated rings. The molecule has 4 rings (SSSR count). The van der Waals surface area contributed by atoms with E-state index in [0.717, 1.165) is 63.7 Å². The van der Waals surface area contributed by atoms with Gasteiger partial charge in [-0.25, -0.2) is 16.8 Å². The van der Waals surface area contributed by atoms with Crippen LogP contribution in [0, 0.1) is 11.8 Å². The highest BCUT2D eigenvalue weighted by Crippen LogP contribution is 2.34. The van der Waals surface area contributed by atoms with Crippen molar-refractivity contribution in [3.63, 3.8) is 0 Å². The highest BCUT2D eigenvalue weighted by atomic mass is 35.5. The van der Waals surface area contributed by atoms with E-state index >= 15 is 0 Å². The first-order chi connectivity index (χ1) is 21.3. The molecular formula is C30H40Cl3N3O6S3. The fourth-order valence-corrected chi connectivity index (χ4v) is 9.96. The van der Waals surface area contributed by atoms with Crippen LogP contribution >= 0.6 is 46.6 Å². The largest absolute Gasteiger partial charge is 0.480 e. The molecule has 15 heteroatoms. The molecule has 0 radical (unpaired) electrons. The van der Waals surface area contributed by atoms with Crippen molar-refractivity contribution in [2.75, 3.05) is 43.1 Å². The number of rotatable bonds is 14. The third-order valence-corrected chi connectivity index (χ3v) is 13.8. The molecule has 0 amide bonds. The van der Waals surface area contributed by atoms with Crippen molar-refractivity contribution in [1.29, 1.82) is 0 Å². The van der Waals surface area contributed by atoms with Crippen LogP contribution in [0.3, 0.4) is 0 Å².